The van der Waals surface area contributed by atoms with E-state index in [1.54, 1.807) is 0 Å². The lowest BCUT2D eigenvalue weighted by atomic mass is 10.1. The maximum Gasteiger partial charge on any atom is 0.241 e. The Hall–Kier alpha value is -2.25. The number of hydrogen-bond acceptors (Lipinski definition) is 3. The van der Waals surface area contributed by atoms with Gasteiger partial charge < -0.3 is 5.32 Å². The Kier molecular flexibility index (Phi) is 6.88. The summed E-state index contributed by atoms with van der Waals surface area (Å²) in [5, 5.41) is 2.81. The van der Waals surface area contributed by atoms with Gasteiger partial charge in [0.1, 0.15) is 5.82 Å². The zero-order valence-corrected chi connectivity index (χ0v) is 15.6. The molecule has 140 valence electrons. The van der Waals surface area contributed by atoms with E-state index in [2.05, 4.69) is 10.0 Å². The van der Waals surface area contributed by atoms with Crippen LogP contribution in [0.1, 0.15) is 25.8 Å². The molecule has 26 heavy (non-hydrogen) atoms. The molecule has 1 amide bonds. The van der Waals surface area contributed by atoms with Crippen molar-refractivity contribution in [1.82, 2.24) is 10.0 Å². The number of sulfonamides is 1. The van der Waals surface area contributed by atoms with E-state index < -0.39 is 27.8 Å². The molecule has 0 aromatic heterocycles. The van der Waals surface area contributed by atoms with Gasteiger partial charge in [-0.15, -0.1) is 0 Å². The smallest absolute Gasteiger partial charge is 0.241 e. The van der Waals surface area contributed by atoms with Gasteiger partial charge in [0, 0.05) is 6.04 Å². The number of halogens is 1. The molecule has 0 aliphatic carbocycles. The van der Waals surface area contributed by atoms with Gasteiger partial charge in [0.05, 0.1) is 10.9 Å². The Balaban J connectivity index is 1.87. The van der Waals surface area contributed by atoms with Gasteiger partial charge in [-0.3, -0.25) is 4.79 Å². The van der Waals surface area contributed by atoms with Gasteiger partial charge >= 0.3 is 0 Å². The first-order valence-electron chi connectivity index (χ1n) is 8.40. The molecule has 2 rings (SSSR count). The molecule has 2 atom stereocenters. The van der Waals surface area contributed by atoms with Crippen LogP contribution >= 0.6 is 0 Å². The molecule has 0 heterocycles. The average molecular weight is 378 g/mol. The highest BCUT2D eigenvalue weighted by Gasteiger charge is 2.22. The van der Waals surface area contributed by atoms with Crippen molar-refractivity contribution in [2.75, 3.05) is 0 Å². The van der Waals surface area contributed by atoms with E-state index in [-0.39, 0.29) is 10.9 Å². The number of nitrogens with one attached hydrogen (secondary N) is 2. The maximum absolute atomic E-state index is 12.9. The Morgan fingerprint density at radius 2 is 1.65 bits per heavy atom. The number of aryl methyl sites for hydroxylation is 1. The van der Waals surface area contributed by atoms with E-state index >= 15 is 0 Å². The molecule has 2 aromatic carbocycles. The van der Waals surface area contributed by atoms with Crippen molar-refractivity contribution < 1.29 is 17.6 Å². The topological polar surface area (TPSA) is 75.3 Å². The lowest BCUT2D eigenvalue weighted by Gasteiger charge is -2.18. The predicted octanol–water partition coefficient (Wildman–Crippen LogP) is 2.63. The van der Waals surface area contributed by atoms with Crippen molar-refractivity contribution in [3.8, 4) is 0 Å². The Morgan fingerprint density at radius 3 is 2.27 bits per heavy atom. The summed E-state index contributed by atoms with van der Waals surface area (Å²) in [4.78, 5) is 12.1. The third kappa shape index (κ3) is 5.93. The minimum Gasteiger partial charge on any atom is -0.352 e. The zero-order chi connectivity index (χ0) is 19.2. The fourth-order valence-electron chi connectivity index (χ4n) is 2.44. The first kappa shape index (κ1) is 20.1. The maximum atomic E-state index is 12.9. The van der Waals surface area contributed by atoms with Gasteiger partial charge in [0.15, 0.2) is 0 Å². The minimum absolute atomic E-state index is 0.0873. The Morgan fingerprint density at radius 1 is 1.04 bits per heavy atom. The molecular weight excluding hydrogens is 355 g/mol. The summed E-state index contributed by atoms with van der Waals surface area (Å²) in [6.45, 7) is 3.35. The van der Waals surface area contributed by atoms with Crippen molar-refractivity contribution in [2.24, 2.45) is 0 Å². The van der Waals surface area contributed by atoms with Gasteiger partial charge in [-0.2, -0.15) is 4.72 Å². The number of benzene rings is 2. The van der Waals surface area contributed by atoms with Crippen molar-refractivity contribution in [3.63, 3.8) is 0 Å². The fraction of sp³-hybridized carbons (Fsp3) is 0.316. The first-order valence-corrected chi connectivity index (χ1v) is 9.88. The molecule has 2 N–H and O–H groups in total. The van der Waals surface area contributed by atoms with Crippen LogP contribution in [0.2, 0.25) is 0 Å². The molecule has 0 unspecified atom stereocenters. The first-order chi connectivity index (χ1) is 12.3. The van der Waals surface area contributed by atoms with Crippen molar-refractivity contribution in [2.45, 2.75) is 43.7 Å². The molecule has 0 aliphatic heterocycles. The van der Waals surface area contributed by atoms with E-state index in [9.17, 15) is 17.6 Å². The zero-order valence-electron chi connectivity index (χ0n) is 14.8. The van der Waals surface area contributed by atoms with E-state index in [0.29, 0.717) is 0 Å². The summed E-state index contributed by atoms with van der Waals surface area (Å²) in [6, 6.07) is 13.3. The Labute approximate surface area is 153 Å². The highest BCUT2D eigenvalue weighted by Crippen LogP contribution is 2.10. The summed E-state index contributed by atoms with van der Waals surface area (Å²) in [6.07, 6.45) is 1.56. The second kappa shape index (κ2) is 8.91. The highest BCUT2D eigenvalue weighted by atomic mass is 32.2. The lowest BCUT2D eigenvalue weighted by molar-refractivity contribution is -0.123. The summed E-state index contributed by atoms with van der Waals surface area (Å²) in [7, 11) is -3.89. The van der Waals surface area contributed by atoms with Gasteiger partial charge in [0.2, 0.25) is 15.9 Å². The van der Waals surface area contributed by atoms with Crippen molar-refractivity contribution in [3.05, 3.63) is 66.0 Å². The fourth-order valence-corrected chi connectivity index (χ4v) is 3.64. The van der Waals surface area contributed by atoms with Crippen LogP contribution in [-0.4, -0.2) is 26.4 Å². The molecule has 0 bridgehead atoms. The molecule has 0 saturated heterocycles. The number of carbonyl (C=O) groups excluding carboxylic acids is 1. The van der Waals surface area contributed by atoms with Crippen LogP contribution in [0, 0.1) is 5.82 Å². The minimum atomic E-state index is -3.89. The van der Waals surface area contributed by atoms with Crippen LogP contribution in [0.5, 0.6) is 0 Å². The van der Waals surface area contributed by atoms with E-state index in [4.69, 9.17) is 0 Å². The van der Waals surface area contributed by atoms with Crippen LogP contribution in [0.4, 0.5) is 4.39 Å². The van der Waals surface area contributed by atoms with E-state index in [0.717, 1.165) is 37.1 Å². The summed E-state index contributed by atoms with van der Waals surface area (Å²) < 4.78 is 39.7. The molecule has 7 heteroatoms. The lowest BCUT2D eigenvalue weighted by Crippen LogP contribution is -2.47. The second-order valence-corrected chi connectivity index (χ2v) is 7.94. The molecule has 0 spiro atoms. The highest BCUT2D eigenvalue weighted by molar-refractivity contribution is 7.89. The number of carbonyl (C=O) groups is 1. The molecule has 0 radical (unpaired) electrons. The van der Waals surface area contributed by atoms with E-state index in [1.165, 1.54) is 12.5 Å². The summed E-state index contributed by atoms with van der Waals surface area (Å²) in [5.41, 5.74) is 1.18. The molecule has 0 aliphatic rings. The van der Waals surface area contributed by atoms with Gasteiger partial charge in [-0.25, -0.2) is 12.8 Å². The number of amides is 1. The largest absolute Gasteiger partial charge is 0.352 e. The summed E-state index contributed by atoms with van der Waals surface area (Å²) >= 11 is 0. The quantitative estimate of drug-likeness (QED) is 0.741. The van der Waals surface area contributed by atoms with Crippen LogP contribution in [0.15, 0.2) is 59.5 Å². The standard InChI is InChI=1S/C19H23FN2O3S/c1-14(8-9-16-6-4-3-5-7-16)21-19(23)15(2)22-26(24,25)18-12-10-17(20)11-13-18/h3-7,10-15,22H,8-9H2,1-2H3,(H,21,23)/t14-,15+/m1/s1. The third-order valence-electron chi connectivity index (χ3n) is 3.95. The SMILES string of the molecule is C[C@H](CCc1ccccc1)NC(=O)[C@H](C)NS(=O)(=O)c1ccc(F)cc1. The average Bonchev–Trinajstić information content (AvgIpc) is 2.61. The molecule has 2 aromatic rings. The van der Waals surface area contributed by atoms with Crippen LogP contribution in [0.25, 0.3) is 0 Å². The molecule has 0 saturated carbocycles. The summed E-state index contributed by atoms with van der Waals surface area (Å²) in [5.74, 6) is -0.932. The molecule has 5 nitrogen and oxygen atoms in total. The molecule has 0 fully saturated rings. The molecular formula is C19H23FN2O3S. The van der Waals surface area contributed by atoms with E-state index in [1.807, 2.05) is 37.3 Å². The second-order valence-electron chi connectivity index (χ2n) is 6.23. The normalized spacial score (nSPS) is 13.8. The van der Waals surface area contributed by atoms with Gasteiger partial charge in [-0.05, 0) is 56.5 Å². The van der Waals surface area contributed by atoms with Crippen LogP contribution < -0.4 is 10.0 Å². The Bertz CT molecular complexity index is 824. The number of rotatable bonds is 8. The number of hydrogen-bond donors (Lipinski definition) is 2. The third-order valence-corrected chi connectivity index (χ3v) is 5.50. The van der Waals surface area contributed by atoms with Crippen LogP contribution in [-0.2, 0) is 21.2 Å². The van der Waals surface area contributed by atoms with Gasteiger partial charge in [-0.1, -0.05) is 30.3 Å². The predicted molar refractivity (Wildman–Crippen MR) is 98.6 cm³/mol. The van der Waals surface area contributed by atoms with Crippen molar-refractivity contribution >= 4 is 15.9 Å². The monoisotopic (exact) mass is 378 g/mol. The van der Waals surface area contributed by atoms with Crippen molar-refractivity contribution in [1.29, 1.82) is 0 Å². The van der Waals surface area contributed by atoms with Crippen LogP contribution in [0.3, 0.4) is 0 Å². The van der Waals surface area contributed by atoms with Gasteiger partial charge in [0.25, 0.3) is 0 Å².